The number of nitrogens with two attached hydrogens (primary N) is 1. The van der Waals surface area contributed by atoms with E-state index >= 15 is 0 Å². The van der Waals surface area contributed by atoms with Gasteiger partial charge in [0.1, 0.15) is 6.54 Å². The third kappa shape index (κ3) is 2.87. The van der Waals surface area contributed by atoms with Crippen LogP contribution in [0.4, 0.5) is 5.69 Å². The Balaban J connectivity index is 2.02. The van der Waals surface area contributed by atoms with Crippen LogP contribution >= 0.6 is 0 Å². The smallest absolute Gasteiger partial charge is 0.242 e. The Morgan fingerprint density at radius 1 is 1.29 bits per heavy atom. The van der Waals surface area contributed by atoms with Gasteiger partial charge in [-0.25, -0.2) is 0 Å². The monoisotopic (exact) mass is 235 g/mol. The molecule has 1 aromatic rings. The van der Waals surface area contributed by atoms with Crippen molar-refractivity contribution < 1.29 is 4.79 Å². The predicted molar refractivity (Wildman–Crippen MR) is 65.5 cm³/mol. The van der Waals surface area contributed by atoms with E-state index in [2.05, 4.69) is 0 Å². The van der Waals surface area contributed by atoms with Crippen molar-refractivity contribution in [2.45, 2.75) is 25.8 Å². The van der Waals surface area contributed by atoms with Crippen LogP contribution in [0.5, 0.6) is 0 Å². The van der Waals surface area contributed by atoms with Crippen molar-refractivity contribution in [1.29, 1.82) is 0 Å². The van der Waals surface area contributed by atoms with Crippen molar-refractivity contribution in [3.8, 4) is 0 Å². The van der Waals surface area contributed by atoms with Gasteiger partial charge in [0.15, 0.2) is 0 Å². The van der Waals surface area contributed by atoms with Gasteiger partial charge in [0.25, 0.3) is 0 Å². The number of anilines is 1. The largest absolute Gasteiger partial charge is 0.394 e. The number of hydrogen-bond donors (Lipinski definition) is 1. The Hall–Kier alpha value is -1.78. The van der Waals surface area contributed by atoms with E-state index in [1.807, 2.05) is 4.90 Å². The highest BCUT2D eigenvalue weighted by molar-refractivity contribution is 5.76. The van der Waals surface area contributed by atoms with Crippen LogP contribution in [-0.2, 0) is 11.3 Å². The van der Waals surface area contributed by atoms with Gasteiger partial charge in [-0.05, 0) is 19.3 Å². The lowest BCUT2D eigenvalue weighted by Crippen LogP contribution is -2.37. The molecule has 2 heterocycles. The highest BCUT2D eigenvalue weighted by atomic mass is 16.2. The SMILES string of the molecule is Nc1cn(CC(=O)N2CCCCC2)ccc1=O. The summed E-state index contributed by atoms with van der Waals surface area (Å²) in [6.07, 6.45) is 6.48. The maximum atomic E-state index is 11.9. The summed E-state index contributed by atoms with van der Waals surface area (Å²) in [5.41, 5.74) is 5.49. The number of piperidine rings is 1. The van der Waals surface area contributed by atoms with E-state index in [1.54, 1.807) is 10.8 Å². The first-order chi connectivity index (χ1) is 8.16. The summed E-state index contributed by atoms with van der Waals surface area (Å²) in [7, 11) is 0. The van der Waals surface area contributed by atoms with Crippen LogP contribution in [0.1, 0.15) is 19.3 Å². The lowest BCUT2D eigenvalue weighted by Gasteiger charge is -2.27. The topological polar surface area (TPSA) is 68.3 Å². The first-order valence-corrected chi connectivity index (χ1v) is 5.90. The molecule has 2 rings (SSSR count). The van der Waals surface area contributed by atoms with Crippen LogP contribution in [0.15, 0.2) is 23.3 Å². The fourth-order valence-corrected chi connectivity index (χ4v) is 2.04. The van der Waals surface area contributed by atoms with Crippen molar-refractivity contribution in [3.05, 3.63) is 28.7 Å². The van der Waals surface area contributed by atoms with E-state index in [0.717, 1.165) is 25.9 Å². The van der Waals surface area contributed by atoms with Gasteiger partial charge in [-0.1, -0.05) is 0 Å². The lowest BCUT2D eigenvalue weighted by atomic mass is 10.1. The van der Waals surface area contributed by atoms with E-state index in [1.165, 1.54) is 18.7 Å². The summed E-state index contributed by atoms with van der Waals surface area (Å²) in [4.78, 5) is 24.9. The number of rotatable bonds is 2. The first-order valence-electron chi connectivity index (χ1n) is 5.90. The zero-order valence-electron chi connectivity index (χ0n) is 9.76. The minimum atomic E-state index is -0.202. The van der Waals surface area contributed by atoms with Gasteiger partial charge < -0.3 is 15.2 Å². The molecule has 0 atom stereocenters. The number of nitrogens with zero attached hydrogens (tertiary/aromatic N) is 2. The second-order valence-corrected chi connectivity index (χ2v) is 4.38. The maximum absolute atomic E-state index is 11.9. The van der Waals surface area contributed by atoms with E-state index in [0.29, 0.717) is 0 Å². The minimum absolute atomic E-state index is 0.0905. The lowest BCUT2D eigenvalue weighted by molar-refractivity contribution is -0.132. The fourth-order valence-electron chi connectivity index (χ4n) is 2.04. The third-order valence-corrected chi connectivity index (χ3v) is 3.03. The van der Waals surface area contributed by atoms with Gasteiger partial charge in [0.2, 0.25) is 11.3 Å². The molecule has 0 aromatic carbocycles. The van der Waals surface area contributed by atoms with Crippen LogP contribution in [0.2, 0.25) is 0 Å². The molecule has 0 bridgehead atoms. The van der Waals surface area contributed by atoms with Crippen LogP contribution < -0.4 is 11.2 Å². The van der Waals surface area contributed by atoms with Crippen molar-refractivity contribution >= 4 is 11.6 Å². The number of carbonyl (C=O) groups is 1. The summed E-state index contributed by atoms with van der Waals surface area (Å²) < 4.78 is 1.66. The standard InChI is InChI=1S/C12H17N3O2/c13-10-8-14(7-4-11(10)16)9-12(17)15-5-2-1-3-6-15/h4,7-8H,1-3,5-6,9,13H2. The summed E-state index contributed by atoms with van der Waals surface area (Å²) in [5, 5.41) is 0. The molecule has 17 heavy (non-hydrogen) atoms. The normalized spacial score (nSPS) is 15.9. The molecular weight excluding hydrogens is 218 g/mol. The molecule has 0 aliphatic carbocycles. The molecule has 1 amide bonds. The van der Waals surface area contributed by atoms with Crippen LogP contribution in [-0.4, -0.2) is 28.5 Å². The van der Waals surface area contributed by atoms with Crippen molar-refractivity contribution in [2.75, 3.05) is 18.8 Å². The summed E-state index contributed by atoms with van der Waals surface area (Å²) in [6.45, 7) is 1.94. The molecule has 5 nitrogen and oxygen atoms in total. The predicted octanol–water partition coefficient (Wildman–Crippen LogP) is 0.443. The molecule has 1 fully saturated rings. The molecule has 0 saturated carbocycles. The van der Waals surface area contributed by atoms with Crippen molar-refractivity contribution in [1.82, 2.24) is 9.47 Å². The second kappa shape index (κ2) is 5.03. The summed E-state index contributed by atoms with van der Waals surface area (Å²) in [6, 6.07) is 1.39. The van der Waals surface area contributed by atoms with E-state index in [9.17, 15) is 9.59 Å². The zero-order chi connectivity index (χ0) is 12.3. The average Bonchev–Trinajstić information content (AvgIpc) is 2.35. The Kier molecular flexibility index (Phi) is 3.46. The van der Waals surface area contributed by atoms with Crippen LogP contribution in [0.3, 0.4) is 0 Å². The average molecular weight is 235 g/mol. The van der Waals surface area contributed by atoms with Crippen LogP contribution in [0, 0.1) is 0 Å². The molecule has 1 aliphatic rings. The van der Waals surface area contributed by atoms with Gasteiger partial charge in [-0.2, -0.15) is 0 Å². The summed E-state index contributed by atoms with van der Waals surface area (Å²) in [5.74, 6) is 0.0905. The fraction of sp³-hybridized carbons (Fsp3) is 0.500. The van der Waals surface area contributed by atoms with E-state index in [-0.39, 0.29) is 23.6 Å². The quantitative estimate of drug-likeness (QED) is 0.809. The molecule has 92 valence electrons. The van der Waals surface area contributed by atoms with Gasteiger partial charge in [0, 0.05) is 31.5 Å². The van der Waals surface area contributed by atoms with Gasteiger partial charge >= 0.3 is 0 Å². The van der Waals surface area contributed by atoms with Gasteiger partial charge in [-0.15, -0.1) is 0 Å². The van der Waals surface area contributed by atoms with Crippen molar-refractivity contribution in [3.63, 3.8) is 0 Å². The number of aromatic nitrogens is 1. The number of nitrogen functional groups attached to an aromatic ring is 1. The molecule has 1 aliphatic heterocycles. The Labute approximate surface area is 99.8 Å². The number of pyridine rings is 1. The number of hydrogen-bond acceptors (Lipinski definition) is 3. The van der Waals surface area contributed by atoms with Gasteiger partial charge in [0.05, 0.1) is 5.69 Å². The van der Waals surface area contributed by atoms with Crippen molar-refractivity contribution in [2.24, 2.45) is 0 Å². The second-order valence-electron chi connectivity index (χ2n) is 4.38. The molecular formula is C12H17N3O2. The molecule has 2 N–H and O–H groups in total. The van der Waals surface area contributed by atoms with Gasteiger partial charge in [-0.3, -0.25) is 9.59 Å². The molecule has 5 heteroatoms. The zero-order valence-corrected chi connectivity index (χ0v) is 9.76. The minimum Gasteiger partial charge on any atom is -0.394 e. The Morgan fingerprint density at radius 2 is 2.00 bits per heavy atom. The molecule has 0 radical (unpaired) electrons. The first kappa shape index (κ1) is 11.7. The summed E-state index contributed by atoms with van der Waals surface area (Å²) >= 11 is 0. The number of carbonyl (C=O) groups excluding carboxylic acids is 1. The number of amides is 1. The van der Waals surface area contributed by atoms with E-state index < -0.39 is 0 Å². The van der Waals surface area contributed by atoms with E-state index in [4.69, 9.17) is 5.73 Å². The number of likely N-dealkylation sites (tertiary alicyclic amines) is 1. The molecule has 1 saturated heterocycles. The third-order valence-electron chi connectivity index (χ3n) is 3.03. The van der Waals surface area contributed by atoms with Crippen LogP contribution in [0.25, 0.3) is 0 Å². The molecule has 1 aromatic heterocycles. The Morgan fingerprint density at radius 3 is 2.65 bits per heavy atom. The Bertz CT molecular complexity index is 461. The molecule has 0 unspecified atom stereocenters. The maximum Gasteiger partial charge on any atom is 0.242 e. The molecule has 0 spiro atoms. The highest BCUT2D eigenvalue weighted by Crippen LogP contribution is 2.09. The highest BCUT2D eigenvalue weighted by Gasteiger charge is 2.16.